The number of anilines is 1. The Bertz CT molecular complexity index is 1340. The highest BCUT2D eigenvalue weighted by Crippen LogP contribution is 2.44. The standard InChI is InChI=1S/C27H26N2O6S/c1-5-14-35-19-12-10-18(11-13-19)22(30)20-21(17-8-6-15(2)7-9-17)29(25(32)23(20)31)27-28-16(3)24(36-27)26(33)34-4/h6-13,21,30H,5,14H2,1-4H3. The number of aryl methyl sites for hydroxylation is 2. The van der Waals surface area contributed by atoms with Gasteiger partial charge in [-0.15, -0.1) is 0 Å². The average Bonchev–Trinajstić information content (AvgIpc) is 3.39. The number of methoxy groups -OCH3 is 1. The second-order valence-electron chi connectivity index (χ2n) is 8.36. The first kappa shape index (κ1) is 25.1. The van der Waals surface area contributed by atoms with Gasteiger partial charge < -0.3 is 14.6 Å². The summed E-state index contributed by atoms with van der Waals surface area (Å²) >= 11 is 0.962. The minimum atomic E-state index is -0.933. The van der Waals surface area contributed by atoms with Crippen molar-refractivity contribution in [1.82, 2.24) is 4.98 Å². The number of Topliss-reactive ketones (excluding diaryl/α,β-unsaturated/α-hetero) is 1. The molecule has 2 aromatic carbocycles. The normalized spacial score (nSPS) is 16.9. The Labute approximate surface area is 212 Å². The number of carbonyl (C=O) groups excluding carboxylic acids is 3. The Kier molecular flexibility index (Phi) is 7.21. The molecule has 1 amide bonds. The summed E-state index contributed by atoms with van der Waals surface area (Å²) in [6, 6.07) is 13.1. The van der Waals surface area contributed by atoms with Crippen LogP contribution in [0.4, 0.5) is 5.13 Å². The molecule has 186 valence electrons. The molecule has 1 aromatic heterocycles. The molecule has 1 fully saturated rings. The zero-order chi connectivity index (χ0) is 26.0. The summed E-state index contributed by atoms with van der Waals surface area (Å²) in [6.45, 7) is 6.12. The Morgan fingerprint density at radius 3 is 2.36 bits per heavy atom. The lowest BCUT2D eigenvalue weighted by atomic mass is 9.95. The van der Waals surface area contributed by atoms with Gasteiger partial charge in [0.2, 0.25) is 0 Å². The van der Waals surface area contributed by atoms with Gasteiger partial charge in [0.15, 0.2) is 5.13 Å². The van der Waals surface area contributed by atoms with Gasteiger partial charge in [0.1, 0.15) is 16.4 Å². The molecular weight excluding hydrogens is 480 g/mol. The summed E-state index contributed by atoms with van der Waals surface area (Å²) in [6.07, 6.45) is 0.857. The van der Waals surface area contributed by atoms with E-state index in [1.807, 2.05) is 26.0 Å². The minimum Gasteiger partial charge on any atom is -0.507 e. The van der Waals surface area contributed by atoms with Crippen molar-refractivity contribution in [2.75, 3.05) is 18.6 Å². The molecule has 0 spiro atoms. The zero-order valence-electron chi connectivity index (χ0n) is 20.4. The summed E-state index contributed by atoms with van der Waals surface area (Å²) in [5.74, 6) is -1.92. The van der Waals surface area contributed by atoms with Crippen molar-refractivity contribution in [1.29, 1.82) is 0 Å². The third-order valence-corrected chi connectivity index (χ3v) is 6.94. The number of nitrogens with zero attached hydrogens (tertiary/aromatic N) is 2. The van der Waals surface area contributed by atoms with Gasteiger partial charge in [-0.1, -0.05) is 48.1 Å². The molecule has 1 saturated heterocycles. The van der Waals surface area contributed by atoms with Crippen LogP contribution in [0.2, 0.25) is 0 Å². The van der Waals surface area contributed by atoms with E-state index >= 15 is 0 Å². The molecule has 1 unspecified atom stereocenters. The molecule has 0 bridgehead atoms. The average molecular weight is 507 g/mol. The fraction of sp³-hybridized carbons (Fsp3) is 0.259. The van der Waals surface area contributed by atoms with E-state index in [4.69, 9.17) is 9.47 Å². The molecule has 1 atom stereocenters. The number of hydrogen-bond donors (Lipinski definition) is 1. The molecule has 4 rings (SSSR count). The van der Waals surface area contributed by atoms with Crippen LogP contribution in [-0.2, 0) is 14.3 Å². The van der Waals surface area contributed by atoms with Crippen LogP contribution in [0.25, 0.3) is 5.76 Å². The van der Waals surface area contributed by atoms with E-state index in [-0.39, 0.29) is 21.3 Å². The van der Waals surface area contributed by atoms with E-state index in [1.165, 1.54) is 12.0 Å². The first-order valence-corrected chi connectivity index (χ1v) is 12.2. The molecule has 36 heavy (non-hydrogen) atoms. The molecule has 2 heterocycles. The van der Waals surface area contributed by atoms with Crippen LogP contribution in [-0.4, -0.2) is 41.5 Å². The second kappa shape index (κ2) is 10.3. The maximum absolute atomic E-state index is 13.3. The van der Waals surface area contributed by atoms with Crippen molar-refractivity contribution in [3.05, 3.63) is 81.4 Å². The van der Waals surface area contributed by atoms with Crippen LogP contribution in [0.1, 0.15) is 51.4 Å². The van der Waals surface area contributed by atoms with E-state index in [9.17, 15) is 19.5 Å². The fourth-order valence-electron chi connectivity index (χ4n) is 3.95. The van der Waals surface area contributed by atoms with Crippen molar-refractivity contribution in [3.8, 4) is 5.75 Å². The van der Waals surface area contributed by atoms with Gasteiger partial charge in [-0.3, -0.25) is 14.5 Å². The van der Waals surface area contributed by atoms with Crippen LogP contribution < -0.4 is 9.64 Å². The Morgan fingerprint density at radius 2 is 1.75 bits per heavy atom. The summed E-state index contributed by atoms with van der Waals surface area (Å²) in [4.78, 5) is 44.6. The predicted octanol–water partition coefficient (Wildman–Crippen LogP) is 4.96. The van der Waals surface area contributed by atoms with E-state index < -0.39 is 23.7 Å². The summed E-state index contributed by atoms with van der Waals surface area (Å²) in [7, 11) is 1.26. The number of ether oxygens (including phenoxy) is 2. The zero-order valence-corrected chi connectivity index (χ0v) is 21.2. The Morgan fingerprint density at radius 1 is 1.08 bits per heavy atom. The number of aliphatic hydroxyl groups is 1. The van der Waals surface area contributed by atoms with Gasteiger partial charge in [0.05, 0.1) is 31.0 Å². The molecular formula is C27H26N2O6S. The summed E-state index contributed by atoms with van der Waals surface area (Å²) in [5.41, 5.74) is 2.32. The fourth-order valence-corrected chi connectivity index (χ4v) is 4.96. The molecule has 0 aliphatic carbocycles. The van der Waals surface area contributed by atoms with Crippen LogP contribution in [0, 0.1) is 13.8 Å². The molecule has 1 aliphatic rings. The van der Waals surface area contributed by atoms with E-state index in [1.54, 1.807) is 43.3 Å². The number of esters is 1. The number of amides is 1. The molecule has 1 N–H and O–H groups in total. The molecule has 8 nitrogen and oxygen atoms in total. The first-order chi connectivity index (χ1) is 17.3. The smallest absolute Gasteiger partial charge is 0.350 e. The monoisotopic (exact) mass is 506 g/mol. The minimum absolute atomic E-state index is 0.0569. The molecule has 0 saturated carbocycles. The van der Waals surface area contributed by atoms with E-state index in [0.717, 1.165) is 23.3 Å². The number of carbonyl (C=O) groups is 3. The van der Waals surface area contributed by atoms with Crippen molar-refractivity contribution in [3.63, 3.8) is 0 Å². The number of hydrogen-bond acceptors (Lipinski definition) is 8. The maximum Gasteiger partial charge on any atom is 0.350 e. The largest absolute Gasteiger partial charge is 0.507 e. The third kappa shape index (κ3) is 4.61. The van der Waals surface area contributed by atoms with Crippen LogP contribution in [0.15, 0.2) is 54.1 Å². The number of ketones is 1. The highest BCUT2D eigenvalue weighted by Gasteiger charge is 2.48. The number of benzene rings is 2. The van der Waals surface area contributed by atoms with Crippen molar-refractivity contribution < 1.29 is 29.0 Å². The molecule has 0 radical (unpaired) electrons. The van der Waals surface area contributed by atoms with Crippen LogP contribution in [0.5, 0.6) is 5.75 Å². The predicted molar refractivity (Wildman–Crippen MR) is 136 cm³/mol. The SMILES string of the molecule is CCCOc1ccc(C(O)=C2C(=O)C(=O)N(c3nc(C)c(C(=O)OC)s3)C2c2ccc(C)cc2)cc1. The third-order valence-electron chi connectivity index (χ3n) is 5.80. The number of rotatable bonds is 7. The topological polar surface area (TPSA) is 106 Å². The molecule has 3 aromatic rings. The molecule has 1 aliphatic heterocycles. The van der Waals surface area contributed by atoms with Gasteiger partial charge >= 0.3 is 11.9 Å². The van der Waals surface area contributed by atoms with Gasteiger partial charge in [0.25, 0.3) is 5.78 Å². The van der Waals surface area contributed by atoms with Crippen LogP contribution in [0.3, 0.4) is 0 Å². The lowest BCUT2D eigenvalue weighted by molar-refractivity contribution is -0.132. The summed E-state index contributed by atoms with van der Waals surface area (Å²) < 4.78 is 10.4. The van der Waals surface area contributed by atoms with Gasteiger partial charge in [-0.05, 0) is 50.1 Å². The Balaban J connectivity index is 1.85. The van der Waals surface area contributed by atoms with Crippen molar-refractivity contribution in [2.24, 2.45) is 0 Å². The second-order valence-corrected chi connectivity index (χ2v) is 9.33. The van der Waals surface area contributed by atoms with Gasteiger partial charge in [-0.25, -0.2) is 9.78 Å². The summed E-state index contributed by atoms with van der Waals surface area (Å²) in [5, 5.41) is 11.4. The van der Waals surface area contributed by atoms with Gasteiger partial charge in [0, 0.05) is 5.56 Å². The maximum atomic E-state index is 13.3. The van der Waals surface area contributed by atoms with E-state index in [0.29, 0.717) is 29.2 Å². The molecule has 9 heteroatoms. The number of thiazole rings is 1. The number of aromatic nitrogens is 1. The lowest BCUT2D eigenvalue weighted by Gasteiger charge is -2.23. The lowest BCUT2D eigenvalue weighted by Crippen LogP contribution is -2.29. The van der Waals surface area contributed by atoms with Gasteiger partial charge in [-0.2, -0.15) is 0 Å². The quantitative estimate of drug-likeness (QED) is 0.209. The first-order valence-electron chi connectivity index (χ1n) is 11.4. The van der Waals surface area contributed by atoms with Crippen molar-refractivity contribution in [2.45, 2.75) is 33.2 Å². The Hall–Kier alpha value is -3.98. The highest BCUT2D eigenvalue weighted by molar-refractivity contribution is 7.17. The van der Waals surface area contributed by atoms with Crippen molar-refractivity contribution >= 4 is 39.9 Å². The van der Waals surface area contributed by atoms with E-state index in [2.05, 4.69) is 4.98 Å². The highest BCUT2D eigenvalue weighted by atomic mass is 32.1. The number of aliphatic hydroxyl groups excluding tert-OH is 1. The van der Waals surface area contributed by atoms with Crippen LogP contribution >= 0.6 is 11.3 Å².